The summed E-state index contributed by atoms with van der Waals surface area (Å²) < 4.78 is 77.7. The van der Waals surface area contributed by atoms with Crippen molar-refractivity contribution in [2.45, 2.75) is 44.5 Å². The van der Waals surface area contributed by atoms with E-state index in [1.54, 1.807) is 23.1 Å². The van der Waals surface area contributed by atoms with Crippen molar-refractivity contribution in [1.82, 2.24) is 0 Å². The second-order valence-electron chi connectivity index (χ2n) is 10.3. The highest BCUT2D eigenvalue weighted by Crippen LogP contribution is 2.38. The van der Waals surface area contributed by atoms with Crippen molar-refractivity contribution in [2.75, 3.05) is 49.2 Å². The van der Waals surface area contributed by atoms with Gasteiger partial charge in [-0.3, -0.25) is 0 Å². The standard InChI is InChI=1S/C15H17F3N2O.C14H15F3N2O/c16-15(17,18)14-8-13(5-4-12(14)9-19)20(6-1-7-21)10-11-2-3-11;15-14(16,17)13-7-12(4-3-11(13)8-18)19(5-6-20)9-10-1-2-10/h4-5,8,11,21H,1-3,6-7,10H2;3-4,7,10,20H,1-2,5-6,9H2. The molecule has 0 spiro atoms. The highest BCUT2D eigenvalue weighted by molar-refractivity contribution is 5.56. The molecule has 41 heavy (non-hydrogen) atoms. The van der Waals surface area contributed by atoms with Gasteiger partial charge in [-0.2, -0.15) is 36.9 Å². The molecule has 222 valence electrons. The highest BCUT2D eigenvalue weighted by atomic mass is 19.4. The quantitative estimate of drug-likeness (QED) is 0.318. The number of aliphatic hydroxyl groups excluding tert-OH is 2. The summed E-state index contributed by atoms with van der Waals surface area (Å²) in [7, 11) is 0. The average Bonchev–Trinajstić information content (AvgIpc) is 3.86. The number of alkyl halides is 6. The Bertz CT molecular complexity index is 1240. The SMILES string of the molecule is N#Cc1ccc(N(CCCO)CC2CC2)cc1C(F)(F)F.N#Cc1ccc(N(CCO)CC2CC2)cc1C(F)(F)F. The summed E-state index contributed by atoms with van der Waals surface area (Å²) >= 11 is 0. The number of halogens is 6. The summed E-state index contributed by atoms with van der Waals surface area (Å²) in [5.74, 6) is 1.01. The lowest BCUT2D eigenvalue weighted by Crippen LogP contribution is -2.29. The van der Waals surface area contributed by atoms with Crippen molar-refractivity contribution >= 4 is 11.4 Å². The maximum atomic E-state index is 13.0. The van der Waals surface area contributed by atoms with Gasteiger partial charge in [0.15, 0.2) is 0 Å². The number of benzene rings is 2. The first-order chi connectivity index (χ1) is 19.4. The molecule has 0 saturated heterocycles. The third kappa shape index (κ3) is 9.55. The molecule has 2 aromatic rings. The zero-order chi connectivity index (χ0) is 30.2. The van der Waals surface area contributed by atoms with Crippen LogP contribution in [0.1, 0.15) is 54.4 Å². The molecule has 2 aliphatic rings. The van der Waals surface area contributed by atoms with E-state index >= 15 is 0 Å². The van der Waals surface area contributed by atoms with Crippen LogP contribution in [0.3, 0.4) is 0 Å². The van der Waals surface area contributed by atoms with Gasteiger partial charge in [-0.15, -0.1) is 0 Å². The van der Waals surface area contributed by atoms with E-state index < -0.39 is 23.5 Å². The van der Waals surface area contributed by atoms with Crippen molar-refractivity contribution < 1.29 is 36.6 Å². The third-order valence-electron chi connectivity index (χ3n) is 6.90. The molecule has 2 fully saturated rings. The number of aliphatic hydroxyl groups is 2. The zero-order valence-corrected chi connectivity index (χ0v) is 22.3. The van der Waals surface area contributed by atoms with Crippen LogP contribution in [-0.4, -0.2) is 49.6 Å². The Morgan fingerprint density at radius 3 is 1.41 bits per heavy atom. The molecule has 2 aliphatic carbocycles. The van der Waals surface area contributed by atoms with Gasteiger partial charge in [0.05, 0.1) is 41.0 Å². The van der Waals surface area contributed by atoms with Crippen LogP contribution in [-0.2, 0) is 12.4 Å². The minimum atomic E-state index is -4.55. The van der Waals surface area contributed by atoms with E-state index in [-0.39, 0.29) is 24.3 Å². The second kappa shape index (κ2) is 13.9. The average molecular weight is 583 g/mol. The van der Waals surface area contributed by atoms with Gasteiger partial charge in [0, 0.05) is 44.2 Å². The summed E-state index contributed by atoms with van der Waals surface area (Å²) in [5, 5.41) is 35.6. The molecule has 0 aromatic heterocycles. The first-order valence-corrected chi connectivity index (χ1v) is 13.4. The highest BCUT2D eigenvalue weighted by Gasteiger charge is 2.36. The summed E-state index contributed by atoms with van der Waals surface area (Å²) in [6, 6.07) is 10.7. The van der Waals surface area contributed by atoms with Crippen LogP contribution in [0, 0.1) is 34.5 Å². The lowest BCUT2D eigenvalue weighted by Gasteiger charge is -2.25. The predicted molar refractivity (Wildman–Crippen MR) is 141 cm³/mol. The maximum absolute atomic E-state index is 13.0. The zero-order valence-electron chi connectivity index (χ0n) is 22.3. The number of anilines is 2. The number of nitrogens with zero attached hydrogens (tertiary/aromatic N) is 4. The number of rotatable bonds is 11. The van der Waals surface area contributed by atoms with E-state index in [1.165, 1.54) is 18.2 Å². The molecule has 2 aromatic carbocycles. The fraction of sp³-hybridized carbons (Fsp3) is 0.517. The van der Waals surface area contributed by atoms with Crippen LogP contribution < -0.4 is 9.80 Å². The Labute approximate surface area is 235 Å². The molecule has 0 heterocycles. The molecule has 4 rings (SSSR count). The van der Waals surface area contributed by atoms with Crippen LogP contribution >= 0.6 is 0 Å². The number of nitriles is 2. The van der Waals surface area contributed by atoms with E-state index in [0.717, 1.165) is 37.8 Å². The van der Waals surface area contributed by atoms with Gasteiger partial charge in [0.1, 0.15) is 0 Å². The Kier molecular flexibility index (Phi) is 10.9. The fourth-order valence-electron chi connectivity index (χ4n) is 4.38. The summed E-state index contributed by atoms with van der Waals surface area (Å²) in [6.45, 7) is 2.03. The number of hydrogen-bond donors (Lipinski definition) is 2. The van der Waals surface area contributed by atoms with Crippen LogP contribution in [0.15, 0.2) is 36.4 Å². The van der Waals surface area contributed by atoms with Crippen LogP contribution in [0.25, 0.3) is 0 Å². The molecule has 0 radical (unpaired) electrons. The minimum absolute atomic E-state index is 0.00355. The number of hydrogen-bond acceptors (Lipinski definition) is 6. The van der Waals surface area contributed by atoms with E-state index in [1.807, 2.05) is 4.90 Å². The molecule has 2 N–H and O–H groups in total. The first kappa shape index (κ1) is 32.0. The molecular formula is C29H32F6N4O2. The van der Waals surface area contributed by atoms with Gasteiger partial charge in [0.2, 0.25) is 0 Å². The Morgan fingerprint density at radius 1 is 0.683 bits per heavy atom. The van der Waals surface area contributed by atoms with E-state index in [0.29, 0.717) is 55.8 Å². The van der Waals surface area contributed by atoms with Gasteiger partial charge < -0.3 is 20.0 Å². The molecular weight excluding hydrogens is 550 g/mol. The van der Waals surface area contributed by atoms with Gasteiger partial charge >= 0.3 is 12.4 Å². The van der Waals surface area contributed by atoms with Crippen molar-refractivity contribution in [3.63, 3.8) is 0 Å². The maximum Gasteiger partial charge on any atom is 0.417 e. The predicted octanol–water partition coefficient (Wildman–Crippen LogP) is 5.96. The van der Waals surface area contributed by atoms with E-state index in [9.17, 15) is 26.3 Å². The topological polar surface area (TPSA) is 94.5 Å². The van der Waals surface area contributed by atoms with Crippen molar-refractivity contribution in [1.29, 1.82) is 10.5 Å². The van der Waals surface area contributed by atoms with Gasteiger partial charge in [-0.1, -0.05) is 0 Å². The third-order valence-corrected chi connectivity index (χ3v) is 6.90. The second-order valence-corrected chi connectivity index (χ2v) is 10.3. The molecule has 0 aliphatic heterocycles. The molecule has 0 amide bonds. The molecule has 0 unspecified atom stereocenters. The van der Waals surface area contributed by atoms with Crippen LogP contribution in [0.5, 0.6) is 0 Å². The van der Waals surface area contributed by atoms with Gasteiger partial charge in [-0.05, 0) is 80.3 Å². The van der Waals surface area contributed by atoms with Crippen molar-refractivity contribution in [3.8, 4) is 12.1 Å². The first-order valence-electron chi connectivity index (χ1n) is 13.4. The summed E-state index contributed by atoms with van der Waals surface area (Å²) in [4.78, 5) is 3.61. The summed E-state index contributed by atoms with van der Waals surface area (Å²) in [5.41, 5.74) is -1.70. The summed E-state index contributed by atoms with van der Waals surface area (Å²) in [6.07, 6.45) is -4.24. The fourth-order valence-corrected chi connectivity index (χ4v) is 4.38. The Morgan fingerprint density at radius 2 is 1.10 bits per heavy atom. The van der Waals surface area contributed by atoms with Crippen LogP contribution in [0.2, 0.25) is 0 Å². The Balaban J connectivity index is 0.000000226. The Hall–Kier alpha value is -3.48. The lowest BCUT2D eigenvalue weighted by atomic mass is 10.1. The van der Waals surface area contributed by atoms with E-state index in [4.69, 9.17) is 20.7 Å². The molecule has 2 saturated carbocycles. The largest absolute Gasteiger partial charge is 0.417 e. The monoisotopic (exact) mass is 582 g/mol. The van der Waals surface area contributed by atoms with Gasteiger partial charge in [0.25, 0.3) is 0 Å². The smallest absolute Gasteiger partial charge is 0.396 e. The normalized spacial score (nSPS) is 14.9. The van der Waals surface area contributed by atoms with Crippen molar-refractivity contribution in [2.24, 2.45) is 11.8 Å². The minimum Gasteiger partial charge on any atom is -0.396 e. The molecule has 0 bridgehead atoms. The van der Waals surface area contributed by atoms with Crippen molar-refractivity contribution in [3.05, 3.63) is 58.7 Å². The van der Waals surface area contributed by atoms with E-state index in [2.05, 4.69) is 0 Å². The van der Waals surface area contributed by atoms with Crippen LogP contribution in [0.4, 0.5) is 37.7 Å². The molecule has 0 atom stereocenters. The molecule has 6 nitrogen and oxygen atoms in total. The lowest BCUT2D eigenvalue weighted by molar-refractivity contribution is -0.138. The van der Waals surface area contributed by atoms with Gasteiger partial charge in [-0.25, -0.2) is 0 Å². The molecule has 12 heteroatoms.